The standard InChI is InChI=1S/C13H10Br2N2S/c14-8-3-1-4-9(7-8)18-11-6-2-5-10(15)12(11)13(16)17/h1-7H,(H3,16,17). The van der Waals surface area contributed by atoms with Gasteiger partial charge in [-0.3, -0.25) is 5.41 Å². The third kappa shape index (κ3) is 3.16. The van der Waals surface area contributed by atoms with E-state index in [0.29, 0.717) is 0 Å². The molecule has 2 aromatic rings. The van der Waals surface area contributed by atoms with Crippen molar-refractivity contribution in [1.82, 2.24) is 0 Å². The van der Waals surface area contributed by atoms with Crippen molar-refractivity contribution in [3.8, 4) is 0 Å². The highest BCUT2D eigenvalue weighted by Gasteiger charge is 2.10. The number of nitrogens with one attached hydrogen (secondary N) is 1. The molecule has 0 atom stereocenters. The van der Waals surface area contributed by atoms with E-state index in [2.05, 4.69) is 31.9 Å². The maximum absolute atomic E-state index is 7.65. The zero-order chi connectivity index (χ0) is 13.1. The van der Waals surface area contributed by atoms with E-state index >= 15 is 0 Å². The van der Waals surface area contributed by atoms with Crippen LogP contribution >= 0.6 is 43.6 Å². The Labute approximate surface area is 127 Å². The van der Waals surface area contributed by atoms with Crippen molar-refractivity contribution in [3.63, 3.8) is 0 Å². The molecule has 5 heteroatoms. The van der Waals surface area contributed by atoms with Crippen molar-refractivity contribution in [3.05, 3.63) is 57.0 Å². The van der Waals surface area contributed by atoms with Gasteiger partial charge < -0.3 is 5.73 Å². The van der Waals surface area contributed by atoms with Crippen LogP contribution in [0.15, 0.2) is 61.2 Å². The summed E-state index contributed by atoms with van der Waals surface area (Å²) >= 11 is 8.47. The van der Waals surface area contributed by atoms with Crippen LogP contribution < -0.4 is 5.73 Å². The van der Waals surface area contributed by atoms with E-state index < -0.39 is 0 Å². The van der Waals surface area contributed by atoms with E-state index in [0.717, 1.165) is 24.3 Å². The van der Waals surface area contributed by atoms with Crippen LogP contribution in [0.4, 0.5) is 0 Å². The summed E-state index contributed by atoms with van der Waals surface area (Å²) in [5.74, 6) is 0.0694. The Morgan fingerprint density at radius 1 is 1.11 bits per heavy atom. The fraction of sp³-hybridized carbons (Fsp3) is 0. The Kier molecular flexibility index (Phi) is 4.48. The van der Waals surface area contributed by atoms with Crippen LogP contribution in [0.25, 0.3) is 0 Å². The molecule has 2 rings (SSSR count). The van der Waals surface area contributed by atoms with Gasteiger partial charge in [0, 0.05) is 24.3 Å². The molecule has 0 radical (unpaired) electrons. The predicted molar refractivity (Wildman–Crippen MR) is 83.4 cm³/mol. The van der Waals surface area contributed by atoms with Gasteiger partial charge in [0.1, 0.15) is 5.84 Å². The van der Waals surface area contributed by atoms with Gasteiger partial charge in [-0.1, -0.05) is 39.8 Å². The minimum absolute atomic E-state index is 0.0694. The van der Waals surface area contributed by atoms with Gasteiger partial charge in [0.15, 0.2) is 0 Å². The lowest BCUT2D eigenvalue weighted by Crippen LogP contribution is -2.13. The van der Waals surface area contributed by atoms with Gasteiger partial charge in [-0.15, -0.1) is 0 Å². The molecule has 0 aliphatic carbocycles. The second kappa shape index (κ2) is 5.91. The molecule has 3 N–H and O–H groups in total. The molecular formula is C13H10Br2N2S. The molecule has 92 valence electrons. The molecule has 0 fully saturated rings. The summed E-state index contributed by atoms with van der Waals surface area (Å²) in [5.41, 5.74) is 6.37. The molecule has 0 aliphatic rings. The second-order valence-electron chi connectivity index (χ2n) is 3.59. The average Bonchev–Trinajstić information content (AvgIpc) is 2.28. The van der Waals surface area contributed by atoms with Gasteiger partial charge in [-0.25, -0.2) is 0 Å². The lowest BCUT2D eigenvalue weighted by Gasteiger charge is -2.10. The van der Waals surface area contributed by atoms with E-state index in [1.807, 2.05) is 42.5 Å². The molecular weight excluding hydrogens is 376 g/mol. The Balaban J connectivity index is 2.40. The van der Waals surface area contributed by atoms with Gasteiger partial charge in [0.05, 0.1) is 0 Å². The fourth-order valence-corrected chi connectivity index (χ4v) is 3.83. The fourth-order valence-electron chi connectivity index (χ4n) is 1.51. The zero-order valence-corrected chi connectivity index (χ0v) is 13.3. The van der Waals surface area contributed by atoms with Gasteiger partial charge in [-0.05, 0) is 46.3 Å². The Hall–Kier alpha value is -0.780. The monoisotopic (exact) mass is 384 g/mol. The summed E-state index contributed by atoms with van der Waals surface area (Å²) in [6.45, 7) is 0. The minimum Gasteiger partial charge on any atom is -0.384 e. The van der Waals surface area contributed by atoms with Crippen LogP contribution in [-0.2, 0) is 0 Å². The number of benzene rings is 2. The first-order valence-corrected chi connectivity index (χ1v) is 7.54. The average molecular weight is 386 g/mol. The lowest BCUT2D eigenvalue weighted by molar-refractivity contribution is 1.31. The molecule has 0 spiro atoms. The van der Waals surface area contributed by atoms with Crippen molar-refractivity contribution < 1.29 is 0 Å². The normalized spacial score (nSPS) is 10.3. The minimum atomic E-state index is 0.0694. The number of nitrogen functional groups attached to an aromatic ring is 1. The SMILES string of the molecule is N=C(N)c1c(Br)cccc1Sc1cccc(Br)c1. The molecule has 0 amide bonds. The Morgan fingerprint density at radius 3 is 2.50 bits per heavy atom. The maximum Gasteiger partial charge on any atom is 0.125 e. The van der Waals surface area contributed by atoms with Gasteiger partial charge >= 0.3 is 0 Å². The predicted octanol–water partition coefficient (Wildman–Crippen LogP) is 4.65. The molecule has 0 saturated carbocycles. The molecule has 0 heterocycles. The third-order valence-corrected chi connectivity index (χ3v) is 4.47. The van der Waals surface area contributed by atoms with Crippen LogP contribution in [0.1, 0.15) is 5.56 Å². The van der Waals surface area contributed by atoms with E-state index in [4.69, 9.17) is 11.1 Å². The molecule has 2 nitrogen and oxygen atoms in total. The van der Waals surface area contributed by atoms with E-state index in [9.17, 15) is 0 Å². The van der Waals surface area contributed by atoms with E-state index in [1.165, 1.54) is 0 Å². The number of amidine groups is 1. The lowest BCUT2D eigenvalue weighted by atomic mass is 10.2. The van der Waals surface area contributed by atoms with Crippen molar-refractivity contribution in [2.75, 3.05) is 0 Å². The number of rotatable bonds is 3. The van der Waals surface area contributed by atoms with Crippen LogP contribution in [0.3, 0.4) is 0 Å². The molecule has 0 saturated heterocycles. The van der Waals surface area contributed by atoms with Gasteiger partial charge in [0.25, 0.3) is 0 Å². The molecule has 2 aromatic carbocycles. The quantitative estimate of drug-likeness (QED) is 0.596. The third-order valence-electron chi connectivity index (χ3n) is 2.27. The highest BCUT2D eigenvalue weighted by molar-refractivity contribution is 9.10. The second-order valence-corrected chi connectivity index (χ2v) is 6.47. The van der Waals surface area contributed by atoms with Crippen molar-refractivity contribution in [1.29, 1.82) is 5.41 Å². The number of hydrogen-bond acceptors (Lipinski definition) is 2. The van der Waals surface area contributed by atoms with Gasteiger partial charge in [-0.2, -0.15) is 0 Å². The number of halogens is 2. The summed E-state index contributed by atoms with van der Waals surface area (Å²) in [6, 6.07) is 13.8. The summed E-state index contributed by atoms with van der Waals surface area (Å²) in [7, 11) is 0. The molecule has 0 unspecified atom stereocenters. The topological polar surface area (TPSA) is 49.9 Å². The van der Waals surface area contributed by atoms with Crippen molar-refractivity contribution >= 4 is 49.5 Å². The van der Waals surface area contributed by atoms with E-state index in [-0.39, 0.29) is 5.84 Å². The molecule has 18 heavy (non-hydrogen) atoms. The number of nitrogens with two attached hydrogens (primary N) is 1. The largest absolute Gasteiger partial charge is 0.384 e. The summed E-state index contributed by atoms with van der Waals surface area (Å²) in [6.07, 6.45) is 0. The van der Waals surface area contributed by atoms with Crippen molar-refractivity contribution in [2.45, 2.75) is 9.79 Å². The molecule has 0 aromatic heterocycles. The van der Waals surface area contributed by atoms with Crippen LogP contribution in [0, 0.1) is 5.41 Å². The van der Waals surface area contributed by atoms with E-state index in [1.54, 1.807) is 11.8 Å². The highest BCUT2D eigenvalue weighted by atomic mass is 79.9. The summed E-state index contributed by atoms with van der Waals surface area (Å²) in [5, 5.41) is 7.65. The highest BCUT2D eigenvalue weighted by Crippen LogP contribution is 2.34. The first-order chi connectivity index (χ1) is 8.58. The van der Waals surface area contributed by atoms with Crippen LogP contribution in [0.5, 0.6) is 0 Å². The van der Waals surface area contributed by atoms with Gasteiger partial charge in [0.2, 0.25) is 0 Å². The maximum atomic E-state index is 7.65. The molecule has 0 bridgehead atoms. The first kappa shape index (κ1) is 13.6. The zero-order valence-electron chi connectivity index (χ0n) is 9.28. The Morgan fingerprint density at radius 2 is 1.83 bits per heavy atom. The van der Waals surface area contributed by atoms with Crippen LogP contribution in [-0.4, -0.2) is 5.84 Å². The smallest absolute Gasteiger partial charge is 0.125 e. The number of hydrogen-bond donors (Lipinski definition) is 2. The molecule has 0 aliphatic heterocycles. The summed E-state index contributed by atoms with van der Waals surface area (Å²) in [4.78, 5) is 2.07. The van der Waals surface area contributed by atoms with Crippen LogP contribution in [0.2, 0.25) is 0 Å². The first-order valence-electron chi connectivity index (χ1n) is 5.14. The van der Waals surface area contributed by atoms with Crippen molar-refractivity contribution in [2.24, 2.45) is 5.73 Å². The summed E-state index contributed by atoms with van der Waals surface area (Å²) < 4.78 is 1.88. The Bertz CT molecular complexity index is 599.